The molecule has 3 atom stereocenters. The van der Waals surface area contributed by atoms with Crippen molar-refractivity contribution >= 4 is 0 Å². The van der Waals surface area contributed by atoms with E-state index in [2.05, 4.69) is 4.74 Å². The van der Waals surface area contributed by atoms with Crippen LogP contribution in [0, 0.1) is 0 Å². The molecule has 20 heavy (non-hydrogen) atoms. The molecule has 0 radical (unpaired) electrons. The number of aliphatic hydroxyl groups is 1. The second-order valence-electron chi connectivity index (χ2n) is 4.80. The van der Waals surface area contributed by atoms with Crippen LogP contribution >= 0.6 is 0 Å². The van der Waals surface area contributed by atoms with E-state index in [0.717, 1.165) is 0 Å². The van der Waals surface area contributed by atoms with Gasteiger partial charge in [0.25, 0.3) is 0 Å². The first kappa shape index (κ1) is 15.0. The van der Waals surface area contributed by atoms with Crippen LogP contribution in [0.25, 0.3) is 0 Å². The zero-order chi connectivity index (χ0) is 14.8. The van der Waals surface area contributed by atoms with Crippen LogP contribution in [0.4, 0.5) is 13.2 Å². The van der Waals surface area contributed by atoms with Crippen molar-refractivity contribution in [2.24, 2.45) is 5.73 Å². The van der Waals surface area contributed by atoms with Gasteiger partial charge in [-0.3, -0.25) is 4.74 Å². The van der Waals surface area contributed by atoms with Gasteiger partial charge in [0, 0.05) is 6.04 Å². The minimum absolute atomic E-state index is 0.133. The van der Waals surface area contributed by atoms with Crippen LogP contribution in [-0.4, -0.2) is 29.7 Å². The average molecular weight is 287 g/mol. The molecule has 3 N–H and O–H groups in total. The lowest BCUT2D eigenvalue weighted by Gasteiger charge is -2.24. The smallest absolute Gasteiger partial charge is 0.384 e. The third-order valence-electron chi connectivity index (χ3n) is 3.15. The highest BCUT2D eigenvalue weighted by Crippen LogP contribution is 2.28. The second kappa shape index (κ2) is 5.95. The highest BCUT2D eigenvalue weighted by Gasteiger charge is 2.33. The van der Waals surface area contributed by atoms with E-state index in [1.54, 1.807) is 30.4 Å². The van der Waals surface area contributed by atoms with Crippen LogP contribution in [-0.2, 0) is 4.74 Å². The molecule has 0 spiro atoms. The van der Waals surface area contributed by atoms with Crippen LogP contribution < -0.4 is 5.73 Å². The number of nitrogens with two attached hydrogens (primary N) is 1. The number of rotatable bonds is 3. The lowest BCUT2D eigenvalue weighted by atomic mass is 9.90. The normalized spacial score (nSPS) is 28.1. The van der Waals surface area contributed by atoms with Gasteiger partial charge >= 0.3 is 6.36 Å². The minimum atomic E-state index is -4.68. The fourth-order valence-electron chi connectivity index (χ4n) is 2.26. The molecule has 0 aliphatic heterocycles. The van der Waals surface area contributed by atoms with Gasteiger partial charge in [0.05, 0.1) is 6.10 Å². The molecule has 0 heterocycles. The molecule has 0 saturated carbocycles. The van der Waals surface area contributed by atoms with Crippen LogP contribution in [0.3, 0.4) is 0 Å². The van der Waals surface area contributed by atoms with E-state index in [1.165, 1.54) is 6.08 Å². The predicted octanol–water partition coefficient (Wildman–Crippen LogP) is 2.35. The summed E-state index contributed by atoms with van der Waals surface area (Å²) in [5, 5.41) is 10.2. The molecule has 0 bridgehead atoms. The maximum Gasteiger partial charge on any atom is 0.523 e. The van der Waals surface area contributed by atoms with E-state index >= 15 is 0 Å². The zero-order valence-electron chi connectivity index (χ0n) is 10.7. The molecular weight excluding hydrogens is 271 g/mol. The van der Waals surface area contributed by atoms with Crippen molar-refractivity contribution < 1.29 is 23.0 Å². The van der Waals surface area contributed by atoms with Gasteiger partial charge in [0.1, 0.15) is 6.10 Å². The van der Waals surface area contributed by atoms with Crippen LogP contribution in [0.1, 0.15) is 12.8 Å². The predicted molar refractivity (Wildman–Crippen MR) is 68.6 cm³/mol. The molecule has 2 aliphatic rings. The van der Waals surface area contributed by atoms with Crippen molar-refractivity contribution in [1.29, 1.82) is 0 Å². The highest BCUT2D eigenvalue weighted by atomic mass is 19.4. The molecule has 0 aromatic heterocycles. The summed E-state index contributed by atoms with van der Waals surface area (Å²) in [5.41, 5.74) is 6.84. The van der Waals surface area contributed by atoms with Crippen molar-refractivity contribution in [1.82, 2.24) is 0 Å². The fourth-order valence-corrected chi connectivity index (χ4v) is 2.26. The largest absolute Gasteiger partial charge is 0.523 e. The SMILES string of the molecule is NC1C=CC=C(C(O)C2=CC(OC(F)(F)F)CC=C2)C1. The van der Waals surface area contributed by atoms with E-state index in [4.69, 9.17) is 5.73 Å². The molecule has 0 aromatic carbocycles. The van der Waals surface area contributed by atoms with E-state index in [1.807, 2.05) is 0 Å². The van der Waals surface area contributed by atoms with Crippen molar-refractivity contribution in [3.63, 3.8) is 0 Å². The first-order valence-electron chi connectivity index (χ1n) is 6.29. The highest BCUT2D eigenvalue weighted by molar-refractivity contribution is 5.38. The van der Waals surface area contributed by atoms with Gasteiger partial charge in [0.2, 0.25) is 0 Å². The van der Waals surface area contributed by atoms with Crippen LogP contribution in [0.2, 0.25) is 0 Å². The third kappa shape index (κ3) is 4.06. The number of hydrogen-bond acceptors (Lipinski definition) is 3. The summed E-state index contributed by atoms with van der Waals surface area (Å²) in [7, 11) is 0. The standard InChI is InChI=1S/C14H16F3NO2/c15-14(16,17)20-12-6-2-4-10(8-12)13(19)9-3-1-5-11(18)7-9/h1-5,8,11-13,19H,6-7,18H2. The maximum absolute atomic E-state index is 12.2. The zero-order valence-corrected chi connectivity index (χ0v) is 10.7. The van der Waals surface area contributed by atoms with E-state index in [-0.39, 0.29) is 12.5 Å². The van der Waals surface area contributed by atoms with E-state index in [9.17, 15) is 18.3 Å². The minimum Gasteiger partial charge on any atom is -0.384 e. The Labute approximate surface area is 114 Å². The summed E-state index contributed by atoms with van der Waals surface area (Å²) < 4.78 is 40.6. The fraction of sp³-hybridized carbons (Fsp3) is 0.429. The van der Waals surface area contributed by atoms with Crippen molar-refractivity contribution in [2.75, 3.05) is 0 Å². The Balaban J connectivity index is 2.09. The van der Waals surface area contributed by atoms with Gasteiger partial charge in [-0.2, -0.15) is 0 Å². The van der Waals surface area contributed by atoms with Crippen LogP contribution in [0.15, 0.2) is 47.6 Å². The molecule has 0 aromatic rings. The van der Waals surface area contributed by atoms with Gasteiger partial charge in [0.15, 0.2) is 0 Å². The summed E-state index contributed by atoms with van der Waals surface area (Å²) in [4.78, 5) is 0. The number of halogens is 3. The van der Waals surface area contributed by atoms with Crippen molar-refractivity contribution in [3.8, 4) is 0 Å². The number of aliphatic hydroxyl groups excluding tert-OH is 1. The third-order valence-corrected chi connectivity index (χ3v) is 3.15. The Morgan fingerprint density at radius 1 is 1.40 bits per heavy atom. The summed E-state index contributed by atoms with van der Waals surface area (Å²) >= 11 is 0. The summed E-state index contributed by atoms with van der Waals surface area (Å²) in [6.45, 7) is 0. The van der Waals surface area contributed by atoms with Crippen molar-refractivity contribution in [3.05, 3.63) is 47.6 Å². The summed E-state index contributed by atoms with van der Waals surface area (Å²) in [6.07, 6.45) is 3.64. The summed E-state index contributed by atoms with van der Waals surface area (Å²) in [5.74, 6) is 0. The quantitative estimate of drug-likeness (QED) is 0.837. The Morgan fingerprint density at radius 2 is 2.15 bits per heavy atom. The van der Waals surface area contributed by atoms with E-state index < -0.39 is 18.6 Å². The van der Waals surface area contributed by atoms with Gasteiger partial charge in [-0.15, -0.1) is 13.2 Å². The van der Waals surface area contributed by atoms with Crippen molar-refractivity contribution in [2.45, 2.75) is 37.5 Å². The molecule has 6 heteroatoms. The molecule has 3 unspecified atom stereocenters. The molecule has 0 amide bonds. The maximum atomic E-state index is 12.2. The van der Waals surface area contributed by atoms with Gasteiger partial charge in [-0.05, 0) is 30.1 Å². The molecule has 2 aliphatic carbocycles. The monoisotopic (exact) mass is 287 g/mol. The Kier molecular flexibility index (Phi) is 4.47. The van der Waals surface area contributed by atoms with Gasteiger partial charge < -0.3 is 10.8 Å². The Hall–Kier alpha value is -1.37. The average Bonchev–Trinajstić information content (AvgIpc) is 2.36. The Bertz CT molecular complexity index is 477. The Morgan fingerprint density at radius 3 is 2.80 bits per heavy atom. The van der Waals surface area contributed by atoms with E-state index in [0.29, 0.717) is 17.6 Å². The molecule has 0 fully saturated rings. The first-order chi connectivity index (χ1) is 9.35. The number of hydrogen-bond donors (Lipinski definition) is 2. The molecular formula is C14H16F3NO2. The molecule has 0 saturated heterocycles. The van der Waals surface area contributed by atoms with Gasteiger partial charge in [-0.25, -0.2) is 0 Å². The second-order valence-corrected chi connectivity index (χ2v) is 4.80. The first-order valence-corrected chi connectivity index (χ1v) is 6.29. The molecule has 110 valence electrons. The lowest BCUT2D eigenvalue weighted by molar-refractivity contribution is -0.336. The number of allylic oxidation sites excluding steroid dienone is 2. The summed E-state index contributed by atoms with van der Waals surface area (Å²) in [6, 6.07) is -0.181. The van der Waals surface area contributed by atoms with Gasteiger partial charge in [-0.1, -0.05) is 30.4 Å². The number of ether oxygens (including phenoxy) is 1. The lowest BCUT2D eigenvalue weighted by Crippen LogP contribution is -2.27. The van der Waals surface area contributed by atoms with Crippen LogP contribution in [0.5, 0.6) is 0 Å². The number of alkyl halides is 3. The molecule has 3 nitrogen and oxygen atoms in total. The topological polar surface area (TPSA) is 55.5 Å². The molecule has 2 rings (SSSR count).